The van der Waals surface area contributed by atoms with Gasteiger partial charge >= 0.3 is 0 Å². The van der Waals surface area contributed by atoms with Crippen LogP contribution in [0.15, 0.2) is 44.1 Å². The normalized spacial score (nSPS) is 12.0. The zero-order valence-corrected chi connectivity index (χ0v) is 13.5. The molecule has 0 amide bonds. The first-order valence-electron chi connectivity index (χ1n) is 5.87. The van der Waals surface area contributed by atoms with E-state index in [2.05, 4.69) is 15.9 Å². The summed E-state index contributed by atoms with van der Waals surface area (Å²) in [5.41, 5.74) is 6.16. The smallest absolute Gasteiger partial charge is 0.243 e. The van der Waals surface area contributed by atoms with Gasteiger partial charge in [0.1, 0.15) is 11.5 Å². The number of hydrogen-bond acceptors (Lipinski definition) is 4. The molecule has 0 spiro atoms. The highest BCUT2D eigenvalue weighted by Crippen LogP contribution is 2.25. The van der Waals surface area contributed by atoms with Crippen molar-refractivity contribution in [2.45, 2.75) is 18.4 Å². The Bertz CT molecular complexity index is 725. The van der Waals surface area contributed by atoms with Gasteiger partial charge in [0.15, 0.2) is 0 Å². The van der Waals surface area contributed by atoms with Gasteiger partial charge in [0, 0.05) is 17.2 Å². The van der Waals surface area contributed by atoms with Crippen LogP contribution in [-0.2, 0) is 16.6 Å². The molecule has 2 aromatic rings. The largest absolute Gasteiger partial charge is 0.465 e. The molecule has 0 saturated heterocycles. The molecule has 5 nitrogen and oxygen atoms in total. The van der Waals surface area contributed by atoms with Crippen molar-refractivity contribution in [3.63, 3.8) is 0 Å². The van der Waals surface area contributed by atoms with E-state index in [1.54, 1.807) is 18.2 Å². The molecule has 0 atom stereocenters. The van der Waals surface area contributed by atoms with Crippen molar-refractivity contribution in [3.05, 3.63) is 46.3 Å². The first-order valence-corrected chi connectivity index (χ1v) is 8.10. The first-order chi connectivity index (χ1) is 9.30. The molecule has 1 aromatic carbocycles. The van der Waals surface area contributed by atoms with Gasteiger partial charge in [0.05, 0.1) is 11.4 Å². The van der Waals surface area contributed by atoms with E-state index in [0.717, 1.165) is 5.76 Å². The Balaban J connectivity index is 2.27. The average molecular weight is 359 g/mol. The number of halogens is 1. The Morgan fingerprint density at radius 3 is 2.55 bits per heavy atom. The Kier molecular flexibility index (Phi) is 4.22. The van der Waals surface area contributed by atoms with Crippen LogP contribution in [0.5, 0.6) is 0 Å². The standard InChI is InChI=1S/C13H15BrN2O3S/c1-9-3-4-10(19-9)8-16(2)20(17,18)11-5-6-13(15)12(14)7-11/h3-7H,8,15H2,1-2H3. The number of nitrogens with zero attached hydrogens (tertiary/aromatic N) is 1. The third-order valence-corrected chi connectivity index (χ3v) is 5.34. The van der Waals surface area contributed by atoms with Crippen LogP contribution < -0.4 is 5.73 Å². The molecule has 1 heterocycles. The molecule has 2 rings (SSSR count). The summed E-state index contributed by atoms with van der Waals surface area (Å²) in [6.45, 7) is 1.99. The molecule has 0 fully saturated rings. The van der Waals surface area contributed by atoms with E-state index in [1.165, 1.54) is 23.5 Å². The summed E-state index contributed by atoms with van der Waals surface area (Å²) < 4.78 is 32.0. The minimum atomic E-state index is -3.58. The monoisotopic (exact) mass is 358 g/mol. The Morgan fingerprint density at radius 1 is 1.30 bits per heavy atom. The molecule has 0 bridgehead atoms. The maximum absolute atomic E-state index is 12.4. The number of nitrogens with two attached hydrogens (primary N) is 1. The Morgan fingerprint density at radius 2 is 2.00 bits per heavy atom. The number of anilines is 1. The third-order valence-electron chi connectivity index (χ3n) is 2.85. The predicted molar refractivity (Wildman–Crippen MR) is 80.7 cm³/mol. The number of benzene rings is 1. The van der Waals surface area contributed by atoms with Crippen molar-refractivity contribution in [3.8, 4) is 0 Å². The van der Waals surface area contributed by atoms with Crippen LogP contribution in [0.2, 0.25) is 0 Å². The SMILES string of the molecule is Cc1ccc(CN(C)S(=O)(=O)c2ccc(N)c(Br)c2)o1. The number of hydrogen-bond donors (Lipinski definition) is 1. The van der Waals surface area contributed by atoms with Crippen molar-refractivity contribution in [1.29, 1.82) is 0 Å². The molecule has 108 valence electrons. The van der Waals surface area contributed by atoms with Gasteiger partial charge in [-0.3, -0.25) is 0 Å². The van der Waals surface area contributed by atoms with Gasteiger partial charge in [-0.1, -0.05) is 0 Å². The summed E-state index contributed by atoms with van der Waals surface area (Å²) in [5, 5.41) is 0. The van der Waals surface area contributed by atoms with Gasteiger partial charge in [0.2, 0.25) is 10.0 Å². The van der Waals surface area contributed by atoms with E-state index in [1.807, 2.05) is 6.92 Å². The fourth-order valence-electron chi connectivity index (χ4n) is 1.72. The summed E-state index contributed by atoms with van der Waals surface area (Å²) in [4.78, 5) is 0.185. The Hall–Kier alpha value is -1.31. The zero-order valence-electron chi connectivity index (χ0n) is 11.1. The van der Waals surface area contributed by atoms with Gasteiger partial charge < -0.3 is 10.2 Å². The molecule has 0 aliphatic rings. The number of aryl methyl sites for hydroxylation is 1. The van der Waals surface area contributed by atoms with Gasteiger partial charge in [-0.15, -0.1) is 0 Å². The van der Waals surface area contributed by atoms with Crippen molar-refractivity contribution in [2.24, 2.45) is 0 Å². The number of furan rings is 1. The van der Waals surface area contributed by atoms with Gasteiger partial charge in [-0.25, -0.2) is 8.42 Å². The van der Waals surface area contributed by atoms with Crippen LogP contribution in [0, 0.1) is 6.92 Å². The molecule has 20 heavy (non-hydrogen) atoms. The molecule has 0 aliphatic heterocycles. The summed E-state index contributed by atoms with van der Waals surface area (Å²) >= 11 is 3.23. The summed E-state index contributed by atoms with van der Waals surface area (Å²) in [7, 11) is -2.07. The van der Waals surface area contributed by atoms with Crippen molar-refractivity contribution in [2.75, 3.05) is 12.8 Å². The van der Waals surface area contributed by atoms with Crippen LogP contribution in [0.25, 0.3) is 0 Å². The highest BCUT2D eigenvalue weighted by molar-refractivity contribution is 9.10. The van der Waals surface area contributed by atoms with Gasteiger partial charge in [-0.05, 0) is 53.2 Å². The van der Waals surface area contributed by atoms with E-state index < -0.39 is 10.0 Å². The molecule has 2 N–H and O–H groups in total. The molecule has 0 aliphatic carbocycles. The average Bonchev–Trinajstić information content (AvgIpc) is 2.78. The molecule has 7 heteroatoms. The highest BCUT2D eigenvalue weighted by Gasteiger charge is 2.22. The van der Waals surface area contributed by atoms with E-state index in [0.29, 0.717) is 15.9 Å². The van der Waals surface area contributed by atoms with Crippen LogP contribution >= 0.6 is 15.9 Å². The summed E-state index contributed by atoms with van der Waals surface area (Å²) in [6.07, 6.45) is 0. The van der Waals surface area contributed by atoms with Crippen LogP contribution in [0.4, 0.5) is 5.69 Å². The van der Waals surface area contributed by atoms with Crippen LogP contribution in [0.3, 0.4) is 0 Å². The van der Waals surface area contributed by atoms with Crippen LogP contribution in [-0.4, -0.2) is 19.8 Å². The van der Waals surface area contributed by atoms with Crippen molar-refractivity contribution >= 4 is 31.6 Å². The minimum absolute atomic E-state index is 0.179. The van der Waals surface area contributed by atoms with E-state index in [9.17, 15) is 8.42 Å². The molecule has 0 saturated carbocycles. The quantitative estimate of drug-likeness (QED) is 0.852. The second-order valence-electron chi connectivity index (χ2n) is 4.46. The fourth-order valence-corrected chi connectivity index (χ4v) is 3.42. The fraction of sp³-hybridized carbons (Fsp3) is 0.231. The summed E-state index contributed by atoms with van der Waals surface area (Å²) in [5.74, 6) is 1.35. The molecule has 0 unspecified atom stereocenters. The van der Waals surface area contributed by atoms with Crippen molar-refractivity contribution in [1.82, 2.24) is 4.31 Å². The number of nitrogen functional groups attached to an aromatic ring is 1. The van der Waals surface area contributed by atoms with E-state index in [-0.39, 0.29) is 11.4 Å². The molecular formula is C13H15BrN2O3S. The predicted octanol–water partition coefficient (Wildman–Crippen LogP) is 2.75. The molecular weight excluding hydrogens is 344 g/mol. The molecule has 0 radical (unpaired) electrons. The molecule has 1 aromatic heterocycles. The van der Waals surface area contributed by atoms with E-state index >= 15 is 0 Å². The Labute approximate surface area is 126 Å². The lowest BCUT2D eigenvalue weighted by molar-refractivity contribution is 0.397. The van der Waals surface area contributed by atoms with Crippen molar-refractivity contribution < 1.29 is 12.8 Å². The van der Waals surface area contributed by atoms with Gasteiger partial charge in [0.25, 0.3) is 0 Å². The lowest BCUT2D eigenvalue weighted by Crippen LogP contribution is -2.26. The first kappa shape index (κ1) is 15.1. The lowest BCUT2D eigenvalue weighted by Gasteiger charge is -2.16. The zero-order chi connectivity index (χ0) is 14.9. The lowest BCUT2D eigenvalue weighted by atomic mass is 10.3. The van der Waals surface area contributed by atoms with E-state index in [4.69, 9.17) is 10.2 Å². The maximum Gasteiger partial charge on any atom is 0.243 e. The summed E-state index contributed by atoms with van der Waals surface area (Å²) in [6, 6.07) is 8.10. The third kappa shape index (κ3) is 3.05. The number of sulfonamides is 1. The second kappa shape index (κ2) is 5.59. The highest BCUT2D eigenvalue weighted by atomic mass is 79.9. The topological polar surface area (TPSA) is 76.5 Å². The second-order valence-corrected chi connectivity index (χ2v) is 7.36. The maximum atomic E-state index is 12.4. The minimum Gasteiger partial charge on any atom is -0.465 e. The number of rotatable bonds is 4. The van der Waals surface area contributed by atoms with Crippen LogP contribution in [0.1, 0.15) is 11.5 Å². The van der Waals surface area contributed by atoms with Gasteiger partial charge in [-0.2, -0.15) is 4.31 Å².